The van der Waals surface area contributed by atoms with Crippen molar-refractivity contribution >= 4 is 0 Å². The van der Waals surface area contributed by atoms with E-state index in [1.807, 2.05) is 19.1 Å². The van der Waals surface area contributed by atoms with Crippen molar-refractivity contribution in [1.29, 1.82) is 0 Å². The lowest BCUT2D eigenvalue weighted by Crippen LogP contribution is -2.83. The van der Waals surface area contributed by atoms with E-state index in [-0.39, 0.29) is 11.8 Å². The summed E-state index contributed by atoms with van der Waals surface area (Å²) in [5.41, 5.74) is 4.92. The molecule has 0 bridgehead atoms. The number of nitrogens with zero attached hydrogens (tertiary/aromatic N) is 1. The molecule has 4 heteroatoms. The van der Waals surface area contributed by atoms with Crippen LogP contribution in [0.5, 0.6) is 11.5 Å². The summed E-state index contributed by atoms with van der Waals surface area (Å²) in [6, 6.07) is 18.6. The maximum atomic E-state index is 9.98. The van der Waals surface area contributed by atoms with Gasteiger partial charge in [0, 0.05) is 17.3 Å². The Morgan fingerprint density at radius 1 is 1.17 bits per heavy atom. The van der Waals surface area contributed by atoms with Crippen molar-refractivity contribution in [3.8, 4) is 17.2 Å². The Balaban J connectivity index is 1.80. The van der Waals surface area contributed by atoms with Gasteiger partial charge in [0.1, 0.15) is 6.54 Å². The molecule has 0 radical (unpaired) electrons. The molecule has 0 spiro atoms. The van der Waals surface area contributed by atoms with Gasteiger partial charge in [-0.15, -0.1) is 0 Å². The number of phenols is 1. The van der Waals surface area contributed by atoms with E-state index in [1.54, 1.807) is 6.07 Å². The van der Waals surface area contributed by atoms with Crippen LogP contribution in [0.3, 0.4) is 0 Å². The highest BCUT2D eigenvalue weighted by Crippen LogP contribution is 2.32. The van der Waals surface area contributed by atoms with Gasteiger partial charge in [-0.2, -0.15) is 0 Å². The summed E-state index contributed by atoms with van der Waals surface area (Å²) >= 11 is 0. The molecule has 4 rings (SSSR count). The van der Waals surface area contributed by atoms with Gasteiger partial charge < -0.3 is 19.7 Å². The number of phenolic OH excluding ortho intramolecular Hbond substituents is 1. The van der Waals surface area contributed by atoms with Crippen molar-refractivity contribution in [3.63, 3.8) is 0 Å². The summed E-state index contributed by atoms with van der Waals surface area (Å²) in [7, 11) is 0. The molecule has 4 nitrogen and oxygen atoms in total. The number of aromatic nitrogens is 1. The van der Waals surface area contributed by atoms with Crippen molar-refractivity contribution in [2.45, 2.75) is 19.5 Å². The van der Waals surface area contributed by atoms with Crippen LogP contribution in [0.2, 0.25) is 0 Å². The summed E-state index contributed by atoms with van der Waals surface area (Å²) < 4.78 is 7.82. The second-order valence-electron chi connectivity index (χ2n) is 6.01. The van der Waals surface area contributed by atoms with E-state index < -0.39 is 0 Å². The molecule has 0 saturated heterocycles. The number of nitrogens with two attached hydrogens (primary N) is 1. The largest absolute Gasteiger partial charge is 0.504 e. The molecule has 0 fully saturated rings. The molecule has 0 amide bonds. The average Bonchev–Trinajstić information content (AvgIpc) is 3.02. The maximum absolute atomic E-state index is 9.98. The van der Waals surface area contributed by atoms with E-state index in [0.29, 0.717) is 12.4 Å². The highest BCUT2D eigenvalue weighted by molar-refractivity contribution is 5.47. The standard InChI is InChI=1S/C20H20N2O2/c1-2-24-19-12-14(9-10-18(19)23)20-17-8-5-11-22(17)16-7-4-3-6-15(16)13-21-20/h3-12,20-21,23H,2,13H2,1H3/p+1. The number of hydrogen-bond acceptors (Lipinski definition) is 2. The molecule has 3 N–H and O–H groups in total. The first-order valence-electron chi connectivity index (χ1n) is 8.32. The number of hydrogen-bond donors (Lipinski definition) is 2. The minimum absolute atomic E-state index is 0.159. The number of fused-ring (bicyclic) bond motifs is 3. The van der Waals surface area contributed by atoms with Gasteiger partial charge >= 0.3 is 0 Å². The molecule has 0 saturated carbocycles. The first-order valence-corrected chi connectivity index (χ1v) is 8.32. The summed E-state index contributed by atoms with van der Waals surface area (Å²) in [6.45, 7) is 3.37. The number of ether oxygens (including phenoxy) is 1. The highest BCUT2D eigenvalue weighted by atomic mass is 16.5. The molecule has 1 atom stereocenters. The molecule has 1 aliphatic rings. The predicted octanol–water partition coefficient (Wildman–Crippen LogP) is 2.75. The fourth-order valence-electron chi connectivity index (χ4n) is 3.45. The van der Waals surface area contributed by atoms with E-state index in [4.69, 9.17) is 4.74 Å². The minimum atomic E-state index is 0.159. The normalized spacial score (nSPS) is 16.1. The third-order valence-corrected chi connectivity index (χ3v) is 4.57. The summed E-state index contributed by atoms with van der Waals surface area (Å²) in [6.07, 6.45) is 2.12. The van der Waals surface area contributed by atoms with Crippen LogP contribution in [0.15, 0.2) is 60.8 Å². The van der Waals surface area contributed by atoms with Gasteiger partial charge in [0.05, 0.1) is 18.0 Å². The topological polar surface area (TPSA) is 51.0 Å². The van der Waals surface area contributed by atoms with E-state index in [0.717, 1.165) is 12.1 Å². The monoisotopic (exact) mass is 321 g/mol. The van der Waals surface area contributed by atoms with Gasteiger partial charge in [-0.1, -0.05) is 18.2 Å². The highest BCUT2D eigenvalue weighted by Gasteiger charge is 2.26. The van der Waals surface area contributed by atoms with Crippen LogP contribution in [0, 0.1) is 0 Å². The third-order valence-electron chi connectivity index (χ3n) is 4.57. The fourth-order valence-corrected chi connectivity index (χ4v) is 3.45. The molecular formula is C20H21N2O2+. The fraction of sp³-hybridized carbons (Fsp3) is 0.200. The molecule has 1 aromatic heterocycles. The lowest BCUT2D eigenvalue weighted by Gasteiger charge is -2.16. The van der Waals surface area contributed by atoms with Gasteiger partial charge in [-0.3, -0.25) is 0 Å². The first kappa shape index (κ1) is 14.8. The lowest BCUT2D eigenvalue weighted by atomic mass is 10.0. The van der Waals surface area contributed by atoms with E-state index in [9.17, 15) is 5.11 Å². The molecule has 24 heavy (non-hydrogen) atoms. The van der Waals surface area contributed by atoms with E-state index in [1.165, 1.54) is 16.9 Å². The van der Waals surface area contributed by atoms with Crippen molar-refractivity contribution in [2.24, 2.45) is 0 Å². The number of benzene rings is 2. The molecule has 1 aliphatic heterocycles. The molecule has 0 aliphatic carbocycles. The molecule has 3 aromatic rings. The number of aromatic hydroxyl groups is 1. The van der Waals surface area contributed by atoms with Crippen LogP contribution in [0.1, 0.15) is 29.8 Å². The third kappa shape index (κ3) is 2.45. The van der Waals surface area contributed by atoms with Crippen molar-refractivity contribution in [1.82, 2.24) is 4.57 Å². The maximum Gasteiger partial charge on any atom is 0.161 e. The van der Waals surface area contributed by atoms with Crippen LogP contribution >= 0.6 is 0 Å². The molecule has 2 aromatic carbocycles. The Bertz CT molecular complexity index is 870. The molecular weight excluding hydrogens is 300 g/mol. The first-order chi connectivity index (χ1) is 11.8. The Morgan fingerprint density at radius 2 is 2.04 bits per heavy atom. The number of quaternary nitrogens is 1. The summed E-state index contributed by atoms with van der Waals surface area (Å²) in [4.78, 5) is 0. The van der Waals surface area contributed by atoms with Crippen molar-refractivity contribution in [2.75, 3.05) is 6.61 Å². The van der Waals surface area contributed by atoms with Gasteiger partial charge in [-0.05, 0) is 43.3 Å². The summed E-state index contributed by atoms with van der Waals surface area (Å²) in [5.74, 6) is 0.733. The Labute approximate surface area is 141 Å². The minimum Gasteiger partial charge on any atom is -0.504 e. The van der Waals surface area contributed by atoms with Crippen molar-refractivity contribution < 1.29 is 15.2 Å². The zero-order valence-corrected chi connectivity index (χ0v) is 13.6. The Kier molecular flexibility index (Phi) is 3.75. The second kappa shape index (κ2) is 6.06. The van der Waals surface area contributed by atoms with Gasteiger partial charge in [0.2, 0.25) is 0 Å². The summed E-state index contributed by atoms with van der Waals surface area (Å²) in [5, 5.41) is 12.3. The molecule has 122 valence electrons. The zero-order valence-electron chi connectivity index (χ0n) is 13.6. The van der Waals surface area contributed by atoms with Crippen LogP contribution < -0.4 is 10.1 Å². The molecule has 2 heterocycles. The smallest absolute Gasteiger partial charge is 0.161 e. The Hall–Kier alpha value is -2.72. The average molecular weight is 321 g/mol. The van der Waals surface area contributed by atoms with Crippen LogP contribution in [0.25, 0.3) is 5.69 Å². The lowest BCUT2D eigenvalue weighted by molar-refractivity contribution is -0.702. The van der Waals surface area contributed by atoms with Crippen molar-refractivity contribution in [3.05, 3.63) is 77.6 Å². The van der Waals surface area contributed by atoms with E-state index >= 15 is 0 Å². The van der Waals surface area contributed by atoms with Gasteiger partial charge in [-0.25, -0.2) is 0 Å². The second-order valence-corrected chi connectivity index (χ2v) is 6.01. The number of para-hydroxylation sites is 1. The predicted molar refractivity (Wildman–Crippen MR) is 92.5 cm³/mol. The quantitative estimate of drug-likeness (QED) is 0.779. The van der Waals surface area contributed by atoms with Crippen LogP contribution in [-0.2, 0) is 6.54 Å². The van der Waals surface area contributed by atoms with E-state index in [2.05, 4.69) is 52.5 Å². The SMILES string of the molecule is CCOc1cc(C2[NH2+]Cc3ccccc3-n3cccc32)ccc1O. The Morgan fingerprint density at radius 3 is 2.92 bits per heavy atom. The number of rotatable bonds is 3. The van der Waals surface area contributed by atoms with Gasteiger partial charge in [0.15, 0.2) is 17.5 Å². The van der Waals surface area contributed by atoms with Crippen LogP contribution in [-0.4, -0.2) is 16.3 Å². The van der Waals surface area contributed by atoms with Gasteiger partial charge in [0.25, 0.3) is 0 Å². The zero-order chi connectivity index (χ0) is 16.5. The molecule has 1 unspecified atom stereocenters. The van der Waals surface area contributed by atoms with Crippen LogP contribution in [0.4, 0.5) is 0 Å².